The highest BCUT2D eigenvalue weighted by Crippen LogP contribution is 2.27. The maximum Gasteiger partial charge on any atom is 0.129 e. The molecule has 1 N–H and O–H groups in total. The SMILES string of the molecule is CCNCc1cc(C)nc(N2CCCC(C)(OC)C2)c1. The Balaban J connectivity index is 2.16. The van der Waals surface area contributed by atoms with Crippen LogP contribution in [0.4, 0.5) is 5.82 Å². The number of aromatic nitrogens is 1. The number of piperidine rings is 1. The van der Waals surface area contributed by atoms with Gasteiger partial charge in [0.05, 0.1) is 5.60 Å². The lowest BCUT2D eigenvalue weighted by Crippen LogP contribution is -2.47. The summed E-state index contributed by atoms with van der Waals surface area (Å²) in [5.41, 5.74) is 2.34. The van der Waals surface area contributed by atoms with Gasteiger partial charge in [-0.15, -0.1) is 0 Å². The fourth-order valence-electron chi connectivity index (χ4n) is 2.82. The molecule has 0 bridgehead atoms. The van der Waals surface area contributed by atoms with Gasteiger partial charge in [-0.2, -0.15) is 0 Å². The van der Waals surface area contributed by atoms with Gasteiger partial charge in [-0.05, 0) is 50.9 Å². The van der Waals surface area contributed by atoms with Crippen molar-refractivity contribution >= 4 is 5.82 Å². The second-order valence-corrected chi connectivity index (χ2v) is 5.93. The molecule has 112 valence electrons. The molecule has 1 fully saturated rings. The summed E-state index contributed by atoms with van der Waals surface area (Å²) in [6.07, 6.45) is 2.28. The van der Waals surface area contributed by atoms with E-state index in [0.717, 1.165) is 50.5 Å². The Hall–Kier alpha value is -1.13. The number of ether oxygens (including phenoxy) is 1. The fourth-order valence-corrected chi connectivity index (χ4v) is 2.82. The van der Waals surface area contributed by atoms with Gasteiger partial charge in [0.15, 0.2) is 0 Å². The average Bonchev–Trinajstić information content (AvgIpc) is 2.44. The van der Waals surface area contributed by atoms with E-state index in [-0.39, 0.29) is 5.60 Å². The predicted molar refractivity (Wildman–Crippen MR) is 83.2 cm³/mol. The first-order valence-electron chi connectivity index (χ1n) is 7.55. The Morgan fingerprint density at radius 1 is 1.45 bits per heavy atom. The molecule has 20 heavy (non-hydrogen) atoms. The van der Waals surface area contributed by atoms with Crippen LogP contribution in [0.1, 0.15) is 37.9 Å². The monoisotopic (exact) mass is 277 g/mol. The summed E-state index contributed by atoms with van der Waals surface area (Å²) < 4.78 is 5.67. The molecule has 1 aromatic heterocycles. The lowest BCUT2D eigenvalue weighted by Gasteiger charge is -2.40. The van der Waals surface area contributed by atoms with Crippen LogP contribution >= 0.6 is 0 Å². The van der Waals surface area contributed by atoms with Crippen molar-refractivity contribution in [2.45, 2.75) is 45.8 Å². The number of anilines is 1. The molecule has 0 amide bonds. The average molecular weight is 277 g/mol. The fraction of sp³-hybridized carbons (Fsp3) is 0.688. The van der Waals surface area contributed by atoms with E-state index in [9.17, 15) is 0 Å². The quantitative estimate of drug-likeness (QED) is 0.897. The zero-order valence-electron chi connectivity index (χ0n) is 13.2. The molecule has 4 nitrogen and oxygen atoms in total. The molecule has 1 aromatic rings. The van der Waals surface area contributed by atoms with E-state index in [1.807, 2.05) is 7.11 Å². The molecule has 1 unspecified atom stereocenters. The molecule has 4 heteroatoms. The van der Waals surface area contributed by atoms with E-state index >= 15 is 0 Å². The van der Waals surface area contributed by atoms with Gasteiger partial charge in [0, 0.05) is 32.4 Å². The van der Waals surface area contributed by atoms with E-state index < -0.39 is 0 Å². The Kier molecular flexibility index (Phi) is 5.00. The summed E-state index contributed by atoms with van der Waals surface area (Å²) in [7, 11) is 1.81. The number of nitrogens with one attached hydrogen (secondary N) is 1. The Bertz CT molecular complexity index is 449. The highest BCUT2D eigenvalue weighted by Gasteiger charge is 2.31. The predicted octanol–water partition coefficient (Wildman–Crippen LogP) is 2.50. The van der Waals surface area contributed by atoms with Crippen molar-refractivity contribution in [2.24, 2.45) is 0 Å². The second kappa shape index (κ2) is 6.55. The second-order valence-electron chi connectivity index (χ2n) is 5.93. The van der Waals surface area contributed by atoms with Crippen LogP contribution in [0.25, 0.3) is 0 Å². The molecule has 0 radical (unpaired) electrons. The summed E-state index contributed by atoms with van der Waals surface area (Å²) in [5, 5.41) is 3.38. The number of hydrogen-bond donors (Lipinski definition) is 1. The van der Waals surface area contributed by atoms with Gasteiger partial charge in [-0.1, -0.05) is 6.92 Å². The van der Waals surface area contributed by atoms with Crippen LogP contribution in [-0.4, -0.2) is 37.3 Å². The Labute approximate surface area is 122 Å². The van der Waals surface area contributed by atoms with Crippen molar-refractivity contribution in [3.8, 4) is 0 Å². The molecule has 2 heterocycles. The van der Waals surface area contributed by atoms with Gasteiger partial charge < -0.3 is 15.0 Å². The first-order valence-corrected chi connectivity index (χ1v) is 7.55. The molecule has 0 saturated carbocycles. The van der Waals surface area contributed by atoms with Crippen LogP contribution in [-0.2, 0) is 11.3 Å². The number of rotatable bonds is 5. The van der Waals surface area contributed by atoms with Crippen LogP contribution < -0.4 is 10.2 Å². The molecule has 2 rings (SSSR count). The third-order valence-electron chi connectivity index (χ3n) is 4.05. The number of pyridine rings is 1. The highest BCUT2D eigenvalue weighted by atomic mass is 16.5. The lowest BCUT2D eigenvalue weighted by atomic mass is 9.94. The van der Waals surface area contributed by atoms with Crippen molar-refractivity contribution in [1.82, 2.24) is 10.3 Å². The van der Waals surface area contributed by atoms with Crippen molar-refractivity contribution in [3.63, 3.8) is 0 Å². The lowest BCUT2D eigenvalue weighted by molar-refractivity contribution is -0.00482. The van der Waals surface area contributed by atoms with Crippen molar-refractivity contribution in [1.29, 1.82) is 0 Å². The van der Waals surface area contributed by atoms with Gasteiger partial charge in [-0.25, -0.2) is 4.98 Å². The molecule has 1 aliphatic rings. The molecular weight excluding hydrogens is 250 g/mol. The summed E-state index contributed by atoms with van der Waals surface area (Å²) in [6.45, 7) is 10.3. The maximum atomic E-state index is 5.67. The van der Waals surface area contributed by atoms with E-state index in [2.05, 4.69) is 43.1 Å². The number of nitrogens with zero attached hydrogens (tertiary/aromatic N) is 2. The van der Waals surface area contributed by atoms with Crippen LogP contribution in [0.15, 0.2) is 12.1 Å². The zero-order chi connectivity index (χ0) is 14.6. The van der Waals surface area contributed by atoms with E-state index in [0.29, 0.717) is 0 Å². The third-order valence-corrected chi connectivity index (χ3v) is 4.05. The summed E-state index contributed by atoms with van der Waals surface area (Å²) >= 11 is 0. The standard InChI is InChI=1S/C16H27N3O/c1-5-17-11-14-9-13(2)18-15(10-14)19-8-6-7-16(3,12-19)20-4/h9-10,17H,5-8,11-12H2,1-4H3. The summed E-state index contributed by atoms with van der Waals surface area (Å²) in [5.74, 6) is 1.08. The van der Waals surface area contributed by atoms with Gasteiger partial charge in [-0.3, -0.25) is 0 Å². The molecule has 1 atom stereocenters. The van der Waals surface area contributed by atoms with Crippen LogP contribution in [0, 0.1) is 6.92 Å². The highest BCUT2D eigenvalue weighted by molar-refractivity contribution is 5.43. The minimum Gasteiger partial charge on any atom is -0.377 e. The largest absolute Gasteiger partial charge is 0.377 e. The van der Waals surface area contributed by atoms with E-state index in [1.165, 1.54) is 5.56 Å². The van der Waals surface area contributed by atoms with E-state index in [1.54, 1.807) is 0 Å². The Morgan fingerprint density at radius 3 is 2.95 bits per heavy atom. The van der Waals surface area contributed by atoms with Crippen molar-refractivity contribution in [3.05, 3.63) is 23.4 Å². The van der Waals surface area contributed by atoms with Gasteiger partial charge in [0.25, 0.3) is 0 Å². The molecule has 0 aromatic carbocycles. The summed E-state index contributed by atoms with van der Waals surface area (Å²) in [6, 6.07) is 4.36. The van der Waals surface area contributed by atoms with Crippen LogP contribution in [0.5, 0.6) is 0 Å². The summed E-state index contributed by atoms with van der Waals surface area (Å²) in [4.78, 5) is 7.06. The molecular formula is C16H27N3O. The minimum absolute atomic E-state index is 0.0501. The third kappa shape index (κ3) is 3.70. The van der Waals surface area contributed by atoms with Gasteiger partial charge in [0.1, 0.15) is 5.82 Å². The topological polar surface area (TPSA) is 37.4 Å². The smallest absolute Gasteiger partial charge is 0.129 e. The normalized spacial score (nSPS) is 23.1. The molecule has 0 spiro atoms. The van der Waals surface area contributed by atoms with E-state index in [4.69, 9.17) is 9.72 Å². The number of aryl methyl sites for hydroxylation is 1. The molecule has 0 aliphatic carbocycles. The first-order chi connectivity index (χ1) is 9.56. The Morgan fingerprint density at radius 2 is 2.25 bits per heavy atom. The number of hydrogen-bond acceptors (Lipinski definition) is 4. The minimum atomic E-state index is -0.0501. The molecule has 1 aliphatic heterocycles. The molecule has 1 saturated heterocycles. The zero-order valence-corrected chi connectivity index (χ0v) is 13.2. The van der Waals surface area contributed by atoms with Gasteiger partial charge >= 0.3 is 0 Å². The van der Waals surface area contributed by atoms with Crippen molar-refractivity contribution in [2.75, 3.05) is 31.6 Å². The number of methoxy groups -OCH3 is 1. The van der Waals surface area contributed by atoms with Crippen LogP contribution in [0.3, 0.4) is 0 Å². The van der Waals surface area contributed by atoms with Crippen molar-refractivity contribution < 1.29 is 4.74 Å². The first kappa shape index (κ1) is 15.3. The van der Waals surface area contributed by atoms with Gasteiger partial charge in [0.2, 0.25) is 0 Å². The maximum absolute atomic E-state index is 5.67. The van der Waals surface area contributed by atoms with Crippen LogP contribution in [0.2, 0.25) is 0 Å².